The van der Waals surface area contributed by atoms with Crippen LogP contribution in [0.15, 0.2) is 0 Å². The van der Waals surface area contributed by atoms with E-state index in [9.17, 15) is 0 Å². The molecule has 0 saturated carbocycles. The van der Waals surface area contributed by atoms with Crippen LogP contribution in [0.3, 0.4) is 0 Å². The van der Waals surface area contributed by atoms with Crippen LogP contribution in [0, 0.1) is 17.3 Å². The van der Waals surface area contributed by atoms with Gasteiger partial charge in [0.05, 0.1) is 0 Å². The third kappa shape index (κ3) is 3.67. The van der Waals surface area contributed by atoms with Gasteiger partial charge in [-0.15, -0.1) is 0 Å². The fraction of sp³-hybridized carbons (Fsp3) is 1.00. The second-order valence-corrected chi connectivity index (χ2v) is 6.63. The standard InChI is InChI=1S/C13H27NS/c1-10-6-11(2)12(3)14(7-10)8-13(4,5)9-15/h10-12,15H,6-9H2,1-5H3. The van der Waals surface area contributed by atoms with E-state index in [1.54, 1.807) is 0 Å². The van der Waals surface area contributed by atoms with Crippen LogP contribution in [0.25, 0.3) is 0 Å². The summed E-state index contributed by atoms with van der Waals surface area (Å²) in [6, 6.07) is 0.736. The topological polar surface area (TPSA) is 3.24 Å². The zero-order chi connectivity index (χ0) is 11.6. The fourth-order valence-corrected chi connectivity index (χ4v) is 2.74. The Labute approximate surface area is 101 Å². The number of hydrogen-bond donors (Lipinski definition) is 1. The maximum Gasteiger partial charge on any atom is 0.00930 e. The van der Waals surface area contributed by atoms with Crippen LogP contribution in [-0.4, -0.2) is 29.8 Å². The molecule has 90 valence electrons. The molecule has 1 rings (SSSR count). The molecule has 0 spiro atoms. The van der Waals surface area contributed by atoms with Gasteiger partial charge in [0, 0.05) is 19.1 Å². The van der Waals surface area contributed by atoms with E-state index in [-0.39, 0.29) is 0 Å². The van der Waals surface area contributed by atoms with Crippen molar-refractivity contribution in [3.05, 3.63) is 0 Å². The van der Waals surface area contributed by atoms with E-state index < -0.39 is 0 Å². The molecule has 3 unspecified atom stereocenters. The summed E-state index contributed by atoms with van der Waals surface area (Å²) in [6.07, 6.45) is 1.39. The molecular weight excluding hydrogens is 202 g/mol. The predicted octanol–water partition coefficient (Wildman–Crippen LogP) is 3.31. The Bertz CT molecular complexity index is 203. The number of thiol groups is 1. The lowest BCUT2D eigenvalue weighted by atomic mass is 9.84. The van der Waals surface area contributed by atoms with Crippen LogP contribution >= 0.6 is 12.6 Å². The SMILES string of the molecule is CC1CC(C)C(C)N(CC(C)(C)CS)C1. The van der Waals surface area contributed by atoms with Crippen LogP contribution < -0.4 is 0 Å². The zero-order valence-electron chi connectivity index (χ0n) is 11.0. The van der Waals surface area contributed by atoms with Crippen molar-refractivity contribution >= 4 is 12.6 Å². The lowest BCUT2D eigenvalue weighted by molar-refractivity contribution is 0.0520. The van der Waals surface area contributed by atoms with E-state index in [4.69, 9.17) is 0 Å². The molecule has 1 saturated heterocycles. The molecule has 1 aliphatic heterocycles. The first-order chi connectivity index (χ1) is 6.85. The van der Waals surface area contributed by atoms with Gasteiger partial charge in [-0.2, -0.15) is 12.6 Å². The minimum absolute atomic E-state index is 0.341. The number of hydrogen-bond acceptors (Lipinski definition) is 2. The summed E-state index contributed by atoms with van der Waals surface area (Å²) >= 11 is 4.45. The Morgan fingerprint density at radius 1 is 1.27 bits per heavy atom. The van der Waals surface area contributed by atoms with Crippen molar-refractivity contribution in [1.82, 2.24) is 4.90 Å². The lowest BCUT2D eigenvalue weighted by Gasteiger charge is -2.44. The highest BCUT2D eigenvalue weighted by Gasteiger charge is 2.31. The van der Waals surface area contributed by atoms with Gasteiger partial charge < -0.3 is 0 Å². The second-order valence-electron chi connectivity index (χ2n) is 6.31. The molecule has 0 aromatic heterocycles. The first-order valence-corrected chi connectivity index (χ1v) is 6.84. The third-order valence-electron chi connectivity index (χ3n) is 3.78. The number of likely N-dealkylation sites (tertiary alicyclic amines) is 1. The quantitative estimate of drug-likeness (QED) is 0.727. The van der Waals surface area contributed by atoms with Gasteiger partial charge in [-0.25, -0.2) is 0 Å². The Morgan fingerprint density at radius 2 is 1.87 bits per heavy atom. The molecule has 0 aromatic carbocycles. The third-order valence-corrected chi connectivity index (χ3v) is 4.64. The average Bonchev–Trinajstić information content (AvgIpc) is 2.13. The van der Waals surface area contributed by atoms with Gasteiger partial charge in [0.1, 0.15) is 0 Å². The zero-order valence-corrected chi connectivity index (χ0v) is 11.8. The van der Waals surface area contributed by atoms with Gasteiger partial charge in [0.15, 0.2) is 0 Å². The van der Waals surface area contributed by atoms with Crippen LogP contribution in [0.5, 0.6) is 0 Å². The molecule has 1 heterocycles. The molecule has 1 nitrogen and oxygen atoms in total. The molecule has 0 amide bonds. The Balaban J connectivity index is 2.59. The van der Waals surface area contributed by atoms with Crippen molar-refractivity contribution in [3.63, 3.8) is 0 Å². The molecule has 3 atom stereocenters. The molecular formula is C13H27NS. The largest absolute Gasteiger partial charge is 0.300 e. The van der Waals surface area contributed by atoms with Gasteiger partial charge in [-0.1, -0.05) is 27.7 Å². The summed E-state index contributed by atoms with van der Waals surface area (Å²) < 4.78 is 0. The normalized spacial score (nSPS) is 34.4. The highest BCUT2D eigenvalue weighted by molar-refractivity contribution is 7.80. The van der Waals surface area contributed by atoms with Crippen molar-refractivity contribution in [3.8, 4) is 0 Å². The van der Waals surface area contributed by atoms with Crippen LogP contribution in [0.4, 0.5) is 0 Å². The molecule has 1 fully saturated rings. The molecule has 0 aromatic rings. The molecule has 15 heavy (non-hydrogen) atoms. The summed E-state index contributed by atoms with van der Waals surface area (Å²) in [5.74, 6) is 2.66. The molecule has 0 N–H and O–H groups in total. The maximum atomic E-state index is 4.45. The summed E-state index contributed by atoms with van der Waals surface area (Å²) in [5.41, 5.74) is 0.341. The van der Waals surface area contributed by atoms with E-state index in [0.717, 1.165) is 23.6 Å². The van der Waals surface area contributed by atoms with Crippen molar-refractivity contribution in [2.75, 3.05) is 18.8 Å². The smallest absolute Gasteiger partial charge is 0.00930 e. The van der Waals surface area contributed by atoms with E-state index in [1.165, 1.54) is 19.5 Å². The molecule has 0 bridgehead atoms. The lowest BCUT2D eigenvalue weighted by Crippen LogP contribution is -2.49. The number of rotatable bonds is 3. The highest BCUT2D eigenvalue weighted by atomic mass is 32.1. The summed E-state index contributed by atoms with van der Waals surface area (Å²) in [7, 11) is 0. The Morgan fingerprint density at radius 3 is 2.40 bits per heavy atom. The summed E-state index contributed by atoms with van der Waals surface area (Å²) in [4.78, 5) is 2.66. The molecule has 0 radical (unpaired) electrons. The fourth-order valence-electron chi connectivity index (χ4n) is 2.64. The number of piperidine rings is 1. The Hall–Kier alpha value is 0.310. The van der Waals surface area contributed by atoms with Crippen molar-refractivity contribution < 1.29 is 0 Å². The molecule has 2 heteroatoms. The first-order valence-electron chi connectivity index (χ1n) is 6.20. The van der Waals surface area contributed by atoms with Gasteiger partial charge in [-0.05, 0) is 36.3 Å². The van der Waals surface area contributed by atoms with Crippen LogP contribution in [-0.2, 0) is 0 Å². The first kappa shape index (κ1) is 13.4. The van der Waals surface area contributed by atoms with Crippen molar-refractivity contribution in [2.45, 2.75) is 47.1 Å². The van der Waals surface area contributed by atoms with Gasteiger partial charge >= 0.3 is 0 Å². The van der Waals surface area contributed by atoms with Crippen LogP contribution in [0.2, 0.25) is 0 Å². The molecule has 1 aliphatic rings. The average molecular weight is 229 g/mol. The minimum Gasteiger partial charge on any atom is -0.300 e. The second kappa shape index (κ2) is 5.09. The number of nitrogens with zero attached hydrogens (tertiary/aromatic N) is 1. The van der Waals surface area contributed by atoms with E-state index in [2.05, 4.69) is 52.1 Å². The van der Waals surface area contributed by atoms with E-state index in [0.29, 0.717) is 5.41 Å². The minimum atomic E-state index is 0.341. The summed E-state index contributed by atoms with van der Waals surface area (Å²) in [5, 5.41) is 0. The van der Waals surface area contributed by atoms with Crippen molar-refractivity contribution in [2.24, 2.45) is 17.3 Å². The maximum absolute atomic E-state index is 4.45. The van der Waals surface area contributed by atoms with Crippen molar-refractivity contribution in [1.29, 1.82) is 0 Å². The predicted molar refractivity (Wildman–Crippen MR) is 71.6 cm³/mol. The van der Waals surface area contributed by atoms with Gasteiger partial charge in [-0.3, -0.25) is 4.90 Å². The van der Waals surface area contributed by atoms with Gasteiger partial charge in [0.2, 0.25) is 0 Å². The van der Waals surface area contributed by atoms with Gasteiger partial charge in [0.25, 0.3) is 0 Å². The molecule has 0 aliphatic carbocycles. The van der Waals surface area contributed by atoms with Crippen LogP contribution in [0.1, 0.15) is 41.0 Å². The van der Waals surface area contributed by atoms with E-state index >= 15 is 0 Å². The monoisotopic (exact) mass is 229 g/mol. The highest BCUT2D eigenvalue weighted by Crippen LogP contribution is 2.30. The summed E-state index contributed by atoms with van der Waals surface area (Å²) in [6.45, 7) is 14.2. The van der Waals surface area contributed by atoms with E-state index in [1.807, 2.05) is 0 Å². The Kier molecular flexibility index (Phi) is 4.54.